The average Bonchev–Trinajstić information content (AvgIpc) is 2.40. The zero-order valence-electron chi connectivity index (χ0n) is 12.6. The van der Waals surface area contributed by atoms with E-state index in [4.69, 9.17) is 5.11 Å². The van der Waals surface area contributed by atoms with Gasteiger partial charge in [-0.2, -0.15) is 0 Å². The molecule has 114 valence electrons. The number of quaternary nitrogens is 1. The van der Waals surface area contributed by atoms with Gasteiger partial charge in [0.2, 0.25) is 0 Å². The van der Waals surface area contributed by atoms with Crippen molar-refractivity contribution in [2.45, 2.75) is 0 Å². The van der Waals surface area contributed by atoms with Crippen molar-refractivity contribution < 1.29 is 19.5 Å². The van der Waals surface area contributed by atoms with E-state index in [1.54, 1.807) is 57.8 Å². The van der Waals surface area contributed by atoms with Crippen LogP contribution in [0, 0.1) is 0 Å². The largest absolute Gasteiger partial charge is 0.544 e. The summed E-state index contributed by atoms with van der Waals surface area (Å²) in [6, 6.07) is 14.4. The maximum atomic E-state index is 9.89. The molecule has 0 aliphatic rings. The number of carboxylic acid groups (broad SMARTS) is 1. The van der Waals surface area contributed by atoms with Crippen molar-refractivity contribution in [1.29, 1.82) is 0 Å². The molecule has 1 N–H and O–H groups in total. The maximum absolute atomic E-state index is 9.89. The molecule has 0 amide bonds. The van der Waals surface area contributed by atoms with Crippen LogP contribution in [0.15, 0.2) is 60.9 Å². The number of carbonyl (C=O) groups is 1. The summed E-state index contributed by atoms with van der Waals surface area (Å²) >= 11 is 0. The highest BCUT2D eigenvalue weighted by atomic mass is 16.4. The van der Waals surface area contributed by atoms with E-state index in [0.29, 0.717) is 10.2 Å². The fraction of sp³-hybridized carbons (Fsp3) is 0.250. The van der Waals surface area contributed by atoms with Crippen LogP contribution in [-0.4, -0.2) is 48.2 Å². The van der Waals surface area contributed by atoms with Crippen LogP contribution in [0.4, 0.5) is 0 Å². The fourth-order valence-electron chi connectivity index (χ4n) is 1.13. The van der Waals surface area contributed by atoms with Crippen molar-refractivity contribution >= 4 is 5.97 Å². The van der Waals surface area contributed by atoms with Crippen LogP contribution in [0.25, 0.3) is 0 Å². The zero-order valence-corrected chi connectivity index (χ0v) is 12.6. The normalized spacial score (nSPS) is 9.48. The summed E-state index contributed by atoms with van der Waals surface area (Å²) in [5, 5.41) is 18.5. The molecule has 0 unspecified atom stereocenters. The number of rotatable bonds is 2. The Morgan fingerprint density at radius 3 is 1.67 bits per heavy atom. The Labute approximate surface area is 125 Å². The van der Waals surface area contributed by atoms with Crippen molar-refractivity contribution in [1.82, 2.24) is 4.98 Å². The summed E-state index contributed by atoms with van der Waals surface area (Å²) < 4.78 is 0.419. The Kier molecular flexibility index (Phi) is 9.21. The molecule has 1 aromatic carbocycles. The van der Waals surface area contributed by atoms with Gasteiger partial charge >= 0.3 is 0 Å². The Balaban J connectivity index is 0.000000288. The molecule has 21 heavy (non-hydrogen) atoms. The molecule has 1 heterocycles. The SMILES string of the molecule is C[N+](C)(C)CC(=O)[O-].Oc1ccccc1.c1ccncc1. The second kappa shape index (κ2) is 10.4. The van der Waals surface area contributed by atoms with Crippen LogP contribution in [-0.2, 0) is 4.79 Å². The molecule has 0 aliphatic carbocycles. The van der Waals surface area contributed by atoms with Crippen LogP contribution < -0.4 is 5.11 Å². The molecule has 2 aromatic rings. The molecule has 0 fully saturated rings. The predicted octanol–water partition coefficient (Wildman–Crippen LogP) is 0.916. The number of phenols is 1. The summed E-state index contributed by atoms with van der Waals surface area (Å²) in [5.74, 6) is -0.681. The molecule has 5 heteroatoms. The molecule has 0 aliphatic heterocycles. The fourth-order valence-corrected chi connectivity index (χ4v) is 1.13. The Morgan fingerprint density at radius 2 is 1.52 bits per heavy atom. The van der Waals surface area contributed by atoms with Gasteiger partial charge in [-0.25, -0.2) is 0 Å². The third-order valence-corrected chi connectivity index (χ3v) is 1.93. The van der Waals surface area contributed by atoms with Crippen LogP contribution in [0.5, 0.6) is 5.75 Å². The first-order valence-corrected chi connectivity index (χ1v) is 6.40. The first-order chi connectivity index (χ1) is 9.81. The summed E-state index contributed by atoms with van der Waals surface area (Å²) in [7, 11) is 5.40. The minimum Gasteiger partial charge on any atom is -0.544 e. The van der Waals surface area contributed by atoms with E-state index in [0.717, 1.165) is 0 Å². The standard InChI is InChI=1S/C6H6O.C5H11NO2.C5H5N/c7-6-4-2-1-3-5-6;1-6(2,3)4-5(7)8;1-2-4-6-5-3-1/h1-5,7H;4H2,1-3H3;1-5H. The third-order valence-electron chi connectivity index (χ3n) is 1.93. The topological polar surface area (TPSA) is 73.2 Å². The van der Waals surface area contributed by atoms with Gasteiger partial charge < -0.3 is 19.5 Å². The van der Waals surface area contributed by atoms with Crippen molar-refractivity contribution in [2.75, 3.05) is 27.7 Å². The average molecular weight is 290 g/mol. The van der Waals surface area contributed by atoms with Crippen molar-refractivity contribution in [2.24, 2.45) is 0 Å². The molecule has 0 atom stereocenters. The van der Waals surface area contributed by atoms with Gasteiger partial charge in [0.15, 0.2) is 0 Å². The van der Waals surface area contributed by atoms with Crippen LogP contribution in [0.2, 0.25) is 0 Å². The van der Waals surface area contributed by atoms with E-state index < -0.39 is 5.97 Å². The minimum atomic E-state index is -1.00. The lowest BCUT2D eigenvalue weighted by atomic mass is 10.3. The van der Waals surface area contributed by atoms with E-state index in [9.17, 15) is 9.90 Å². The number of hydrogen-bond donors (Lipinski definition) is 1. The molecular formula is C16H22N2O3. The van der Waals surface area contributed by atoms with Crippen LogP contribution in [0.1, 0.15) is 0 Å². The number of aromatic nitrogens is 1. The zero-order chi connectivity index (χ0) is 16.1. The van der Waals surface area contributed by atoms with Gasteiger partial charge in [-0.15, -0.1) is 0 Å². The first kappa shape index (κ1) is 18.6. The van der Waals surface area contributed by atoms with Gasteiger partial charge in [-0.3, -0.25) is 4.98 Å². The molecule has 0 saturated heterocycles. The maximum Gasteiger partial charge on any atom is 0.118 e. The summed E-state index contributed by atoms with van der Waals surface area (Å²) in [4.78, 5) is 13.7. The molecular weight excluding hydrogens is 268 g/mol. The van der Waals surface area contributed by atoms with E-state index >= 15 is 0 Å². The highest BCUT2D eigenvalue weighted by Crippen LogP contribution is 2.02. The number of likely N-dealkylation sites (N-methyl/N-ethyl adjacent to an activating group) is 1. The number of nitrogens with zero attached hydrogens (tertiary/aromatic N) is 2. The minimum absolute atomic E-state index is 0.0694. The molecule has 1 aromatic heterocycles. The molecule has 0 spiro atoms. The lowest BCUT2D eigenvalue weighted by Gasteiger charge is -2.23. The van der Waals surface area contributed by atoms with E-state index in [2.05, 4.69) is 4.98 Å². The molecule has 2 rings (SSSR count). The summed E-state index contributed by atoms with van der Waals surface area (Å²) in [5.41, 5.74) is 0. The number of aliphatic carboxylic acids is 1. The monoisotopic (exact) mass is 290 g/mol. The first-order valence-electron chi connectivity index (χ1n) is 6.40. The van der Waals surface area contributed by atoms with Crippen LogP contribution >= 0.6 is 0 Å². The second-order valence-electron chi connectivity index (χ2n) is 5.18. The lowest BCUT2D eigenvalue weighted by Crippen LogP contribution is -2.45. The van der Waals surface area contributed by atoms with Gasteiger partial charge in [-0.05, 0) is 24.3 Å². The van der Waals surface area contributed by atoms with E-state index in [-0.39, 0.29) is 6.54 Å². The number of phenolic OH excluding ortho intramolecular Hbond substituents is 1. The van der Waals surface area contributed by atoms with Gasteiger partial charge in [-0.1, -0.05) is 24.3 Å². The number of carboxylic acids is 1. The Hall–Kier alpha value is -2.40. The number of pyridine rings is 1. The Bertz CT molecular complexity index is 455. The molecule has 5 nitrogen and oxygen atoms in total. The van der Waals surface area contributed by atoms with Gasteiger partial charge in [0.05, 0.1) is 27.1 Å². The van der Waals surface area contributed by atoms with Crippen molar-refractivity contribution in [3.63, 3.8) is 0 Å². The third kappa shape index (κ3) is 15.5. The number of benzene rings is 1. The van der Waals surface area contributed by atoms with Crippen LogP contribution in [0.3, 0.4) is 0 Å². The van der Waals surface area contributed by atoms with E-state index in [1.165, 1.54) is 0 Å². The predicted molar refractivity (Wildman–Crippen MR) is 80.3 cm³/mol. The highest BCUT2D eigenvalue weighted by Gasteiger charge is 2.04. The van der Waals surface area contributed by atoms with Gasteiger partial charge in [0.25, 0.3) is 0 Å². The number of carbonyl (C=O) groups excluding carboxylic acids is 1. The smallest absolute Gasteiger partial charge is 0.118 e. The van der Waals surface area contributed by atoms with Crippen molar-refractivity contribution in [3.05, 3.63) is 60.9 Å². The number of para-hydroxylation sites is 1. The highest BCUT2D eigenvalue weighted by molar-refractivity contribution is 5.65. The Morgan fingerprint density at radius 1 is 1.05 bits per heavy atom. The second-order valence-corrected chi connectivity index (χ2v) is 5.18. The number of hydrogen-bond acceptors (Lipinski definition) is 4. The number of aromatic hydroxyl groups is 1. The van der Waals surface area contributed by atoms with Crippen molar-refractivity contribution in [3.8, 4) is 5.75 Å². The molecule has 0 saturated carbocycles. The molecule has 0 radical (unpaired) electrons. The van der Waals surface area contributed by atoms with E-state index in [1.807, 2.05) is 24.3 Å². The summed E-state index contributed by atoms with van der Waals surface area (Å²) in [6.45, 7) is 0.0694. The summed E-state index contributed by atoms with van der Waals surface area (Å²) in [6.07, 6.45) is 3.50. The quantitative estimate of drug-likeness (QED) is 0.835. The lowest BCUT2D eigenvalue weighted by molar-refractivity contribution is -0.864. The molecule has 0 bridgehead atoms. The van der Waals surface area contributed by atoms with Gasteiger partial charge in [0.1, 0.15) is 12.3 Å². The van der Waals surface area contributed by atoms with Gasteiger partial charge in [0, 0.05) is 12.4 Å².